The topological polar surface area (TPSA) is 101 Å². The second kappa shape index (κ2) is 7.47. The van der Waals surface area contributed by atoms with E-state index in [2.05, 4.69) is 15.3 Å². The lowest BCUT2D eigenvalue weighted by Crippen LogP contribution is -2.37. The second-order valence-corrected chi connectivity index (χ2v) is 8.27. The van der Waals surface area contributed by atoms with Crippen molar-refractivity contribution in [1.29, 1.82) is 0 Å². The zero-order valence-corrected chi connectivity index (χ0v) is 15.0. The van der Waals surface area contributed by atoms with Crippen LogP contribution < -0.4 is 11.1 Å². The molecule has 1 fully saturated rings. The van der Waals surface area contributed by atoms with Crippen molar-refractivity contribution in [3.63, 3.8) is 0 Å². The molecule has 1 aliphatic heterocycles. The fourth-order valence-electron chi connectivity index (χ4n) is 3.09. The van der Waals surface area contributed by atoms with Crippen molar-refractivity contribution >= 4 is 21.7 Å². The molecule has 2 aromatic rings. The highest BCUT2D eigenvalue weighted by Gasteiger charge is 2.25. The summed E-state index contributed by atoms with van der Waals surface area (Å²) in [6.45, 7) is 1.59. The molecule has 0 saturated carbocycles. The van der Waals surface area contributed by atoms with Crippen LogP contribution >= 0.6 is 0 Å². The predicted molar refractivity (Wildman–Crippen MR) is 98.0 cm³/mol. The van der Waals surface area contributed by atoms with Crippen molar-refractivity contribution < 1.29 is 8.42 Å². The summed E-state index contributed by atoms with van der Waals surface area (Å²) >= 11 is 0. The van der Waals surface area contributed by atoms with Crippen LogP contribution in [0.15, 0.2) is 36.7 Å². The molecule has 0 amide bonds. The minimum absolute atomic E-state index is 0.338. The van der Waals surface area contributed by atoms with Gasteiger partial charge in [0.25, 0.3) is 0 Å². The normalized spacial score (nSPS) is 16.7. The van der Waals surface area contributed by atoms with E-state index in [0.29, 0.717) is 31.4 Å². The van der Waals surface area contributed by atoms with Crippen LogP contribution in [0.1, 0.15) is 29.9 Å². The summed E-state index contributed by atoms with van der Waals surface area (Å²) in [5.41, 5.74) is 7.83. The largest absolute Gasteiger partial charge is 0.326 e. The van der Waals surface area contributed by atoms with Gasteiger partial charge in [-0.1, -0.05) is 0 Å². The van der Waals surface area contributed by atoms with Crippen LogP contribution in [-0.4, -0.2) is 42.0 Å². The van der Waals surface area contributed by atoms with Gasteiger partial charge in [0.1, 0.15) is 11.6 Å². The fourth-order valence-corrected chi connectivity index (χ4v) is 3.96. The summed E-state index contributed by atoms with van der Waals surface area (Å²) in [4.78, 5) is 8.63. The second-order valence-electron chi connectivity index (χ2n) is 6.29. The third-order valence-corrected chi connectivity index (χ3v) is 5.80. The Kier molecular flexibility index (Phi) is 5.31. The summed E-state index contributed by atoms with van der Waals surface area (Å²) in [5, 5.41) is 3.21. The van der Waals surface area contributed by atoms with E-state index in [4.69, 9.17) is 5.73 Å². The maximum Gasteiger partial charge on any atom is 0.211 e. The van der Waals surface area contributed by atoms with E-state index >= 15 is 0 Å². The molecule has 1 saturated heterocycles. The lowest BCUT2D eigenvalue weighted by molar-refractivity contribution is 0.321. The van der Waals surface area contributed by atoms with Crippen LogP contribution in [0.5, 0.6) is 0 Å². The minimum atomic E-state index is -3.10. The maximum atomic E-state index is 11.6. The van der Waals surface area contributed by atoms with Crippen LogP contribution in [-0.2, 0) is 16.6 Å². The molecule has 0 radical (unpaired) electrons. The SMILES string of the molecule is CS(=O)(=O)N1CCC(c2ccnc(Nc3cc(CN)ccn3)c2)CC1. The molecule has 0 aromatic carbocycles. The van der Waals surface area contributed by atoms with Crippen molar-refractivity contribution in [3.8, 4) is 0 Å². The third-order valence-electron chi connectivity index (χ3n) is 4.49. The zero-order chi connectivity index (χ0) is 17.9. The van der Waals surface area contributed by atoms with Gasteiger partial charge in [0.2, 0.25) is 10.0 Å². The Morgan fingerprint density at radius 2 is 1.80 bits per heavy atom. The molecule has 1 aliphatic rings. The Labute approximate surface area is 148 Å². The van der Waals surface area contributed by atoms with Crippen molar-refractivity contribution in [3.05, 3.63) is 47.8 Å². The summed E-state index contributed by atoms with van der Waals surface area (Å²) < 4.78 is 24.8. The van der Waals surface area contributed by atoms with Gasteiger partial charge >= 0.3 is 0 Å². The Bertz CT molecular complexity index is 832. The lowest BCUT2D eigenvalue weighted by atomic mass is 9.91. The number of pyridine rings is 2. The molecule has 3 rings (SSSR count). The fraction of sp³-hybridized carbons (Fsp3) is 0.412. The Morgan fingerprint density at radius 3 is 2.44 bits per heavy atom. The van der Waals surface area contributed by atoms with Gasteiger partial charge in [0.15, 0.2) is 0 Å². The first-order chi connectivity index (χ1) is 12.0. The predicted octanol–water partition coefficient (Wildman–Crippen LogP) is 1.82. The summed E-state index contributed by atoms with van der Waals surface area (Å²) in [6.07, 6.45) is 6.39. The lowest BCUT2D eigenvalue weighted by Gasteiger charge is -2.30. The first kappa shape index (κ1) is 17.8. The van der Waals surface area contributed by atoms with Crippen molar-refractivity contribution in [2.45, 2.75) is 25.3 Å². The molecule has 3 heterocycles. The van der Waals surface area contributed by atoms with E-state index in [-0.39, 0.29) is 0 Å². The number of nitrogens with zero attached hydrogens (tertiary/aromatic N) is 3. The summed E-state index contributed by atoms with van der Waals surface area (Å²) in [7, 11) is -3.10. The van der Waals surface area contributed by atoms with Gasteiger partial charge in [-0.15, -0.1) is 0 Å². The van der Waals surface area contributed by atoms with E-state index < -0.39 is 10.0 Å². The van der Waals surface area contributed by atoms with Crippen LogP contribution in [0.2, 0.25) is 0 Å². The number of aromatic nitrogens is 2. The first-order valence-electron chi connectivity index (χ1n) is 8.29. The Balaban J connectivity index is 1.70. The molecular weight excluding hydrogens is 338 g/mol. The van der Waals surface area contributed by atoms with Gasteiger partial charge in [-0.25, -0.2) is 22.7 Å². The number of hydrogen-bond donors (Lipinski definition) is 2. The number of nitrogens with one attached hydrogen (secondary N) is 1. The molecule has 8 heteroatoms. The van der Waals surface area contributed by atoms with Gasteiger partial charge in [-0.2, -0.15) is 0 Å². The summed E-state index contributed by atoms with van der Waals surface area (Å²) in [6, 6.07) is 7.79. The minimum Gasteiger partial charge on any atom is -0.326 e. The molecule has 0 unspecified atom stereocenters. The highest BCUT2D eigenvalue weighted by Crippen LogP contribution is 2.30. The van der Waals surface area contributed by atoms with Crippen molar-refractivity contribution in [2.75, 3.05) is 24.7 Å². The number of rotatable bonds is 5. The van der Waals surface area contributed by atoms with Gasteiger partial charge in [-0.3, -0.25) is 0 Å². The molecule has 3 N–H and O–H groups in total. The molecule has 0 bridgehead atoms. The van der Waals surface area contributed by atoms with Crippen molar-refractivity contribution in [2.24, 2.45) is 5.73 Å². The third kappa shape index (κ3) is 4.53. The molecule has 0 spiro atoms. The average Bonchev–Trinajstić information content (AvgIpc) is 2.61. The average molecular weight is 361 g/mol. The van der Waals surface area contributed by atoms with Crippen LogP contribution in [0.4, 0.5) is 11.6 Å². The first-order valence-corrected chi connectivity index (χ1v) is 10.1. The molecule has 7 nitrogen and oxygen atoms in total. The quantitative estimate of drug-likeness (QED) is 0.842. The molecule has 134 valence electrons. The van der Waals surface area contributed by atoms with Crippen LogP contribution in [0, 0.1) is 0 Å². The molecule has 0 aliphatic carbocycles. The van der Waals surface area contributed by atoms with Crippen LogP contribution in [0.25, 0.3) is 0 Å². The molecule has 25 heavy (non-hydrogen) atoms. The van der Waals surface area contributed by atoms with Gasteiger partial charge in [0.05, 0.1) is 6.26 Å². The number of sulfonamides is 1. The van der Waals surface area contributed by atoms with Gasteiger partial charge in [0, 0.05) is 32.0 Å². The van der Waals surface area contributed by atoms with E-state index in [0.717, 1.165) is 24.2 Å². The Hall–Kier alpha value is -2.03. The molecular formula is C17H23N5O2S. The highest BCUT2D eigenvalue weighted by atomic mass is 32.2. The smallest absolute Gasteiger partial charge is 0.211 e. The zero-order valence-electron chi connectivity index (χ0n) is 14.2. The van der Waals surface area contributed by atoms with Gasteiger partial charge < -0.3 is 11.1 Å². The number of anilines is 2. The highest BCUT2D eigenvalue weighted by molar-refractivity contribution is 7.88. The van der Waals surface area contributed by atoms with Crippen LogP contribution in [0.3, 0.4) is 0 Å². The number of piperidine rings is 1. The summed E-state index contributed by atoms with van der Waals surface area (Å²) in [5.74, 6) is 1.77. The molecule has 0 atom stereocenters. The monoisotopic (exact) mass is 361 g/mol. The van der Waals surface area contributed by atoms with E-state index in [1.54, 1.807) is 16.7 Å². The maximum absolute atomic E-state index is 11.6. The van der Waals surface area contributed by atoms with E-state index in [9.17, 15) is 8.42 Å². The van der Waals surface area contributed by atoms with E-state index in [1.807, 2.05) is 24.3 Å². The molecule has 2 aromatic heterocycles. The van der Waals surface area contributed by atoms with Crippen molar-refractivity contribution in [1.82, 2.24) is 14.3 Å². The standard InChI is InChI=1S/C17H23N5O2S/c1-25(23,24)22-8-4-14(5-9-22)15-3-7-20-17(11-15)21-16-10-13(12-18)2-6-19-16/h2-3,6-7,10-11,14H,4-5,8-9,12,18H2,1H3,(H,19,20,21). The number of hydrogen-bond acceptors (Lipinski definition) is 6. The van der Waals surface area contributed by atoms with E-state index in [1.165, 1.54) is 11.8 Å². The number of nitrogens with two attached hydrogens (primary N) is 1. The Morgan fingerprint density at radius 1 is 1.16 bits per heavy atom. The van der Waals surface area contributed by atoms with Gasteiger partial charge in [-0.05, 0) is 54.2 Å².